The molecule has 0 fully saturated rings. The Hall–Kier alpha value is -1.54. The number of hydrogen-bond acceptors (Lipinski definition) is 4. The Balaban J connectivity index is 2.30. The van der Waals surface area contributed by atoms with Gasteiger partial charge in [0.25, 0.3) is 10.0 Å². The van der Waals surface area contributed by atoms with Crippen molar-refractivity contribution in [1.29, 1.82) is 0 Å². The minimum Gasteiger partial charge on any atom is -0.324 e. The van der Waals surface area contributed by atoms with E-state index in [1.54, 1.807) is 17.9 Å². The van der Waals surface area contributed by atoms with Crippen LogP contribution in [0.15, 0.2) is 23.7 Å². The Bertz CT molecular complexity index is 660. The molecule has 0 aliphatic heterocycles. The van der Waals surface area contributed by atoms with E-state index in [1.807, 2.05) is 6.92 Å². The van der Waals surface area contributed by atoms with E-state index in [0.29, 0.717) is 12.2 Å². The van der Waals surface area contributed by atoms with E-state index in [9.17, 15) is 8.42 Å². The van der Waals surface area contributed by atoms with Gasteiger partial charge in [0.2, 0.25) is 5.03 Å². The lowest BCUT2D eigenvalue weighted by Crippen LogP contribution is -2.13. The second-order valence-electron chi connectivity index (χ2n) is 3.64. The van der Waals surface area contributed by atoms with E-state index < -0.39 is 10.0 Å². The quantitative estimate of drug-likeness (QED) is 0.913. The highest BCUT2D eigenvalue weighted by Gasteiger charge is 2.22. The Morgan fingerprint density at radius 3 is 2.72 bits per heavy atom. The van der Waals surface area contributed by atoms with Crippen LogP contribution in [-0.4, -0.2) is 27.7 Å². The number of hydrogen-bond donors (Lipinski definition) is 1. The average molecular weight is 290 g/mol. The molecular weight excluding hydrogens is 278 g/mol. The number of nitrogens with zero attached hydrogens (tertiary/aromatic N) is 4. The van der Waals surface area contributed by atoms with Gasteiger partial charge in [-0.3, -0.25) is 9.40 Å². The van der Waals surface area contributed by atoms with Crippen molar-refractivity contribution in [2.75, 3.05) is 4.72 Å². The molecule has 2 heterocycles. The van der Waals surface area contributed by atoms with Crippen molar-refractivity contribution in [3.05, 3.63) is 23.9 Å². The first-order valence-corrected chi connectivity index (χ1v) is 7.02. The second kappa shape index (κ2) is 4.62. The molecule has 18 heavy (non-hydrogen) atoms. The number of rotatable bonds is 4. The van der Waals surface area contributed by atoms with E-state index in [0.717, 1.165) is 0 Å². The van der Waals surface area contributed by atoms with Gasteiger partial charge < -0.3 is 4.57 Å². The largest absolute Gasteiger partial charge is 0.324 e. The van der Waals surface area contributed by atoms with Crippen molar-refractivity contribution in [3.8, 4) is 0 Å². The fraction of sp³-hybridized carbons (Fsp3) is 0.333. The molecule has 0 unspecified atom stereocenters. The highest BCUT2D eigenvalue weighted by atomic mass is 35.5. The number of aryl methyl sites for hydroxylation is 2. The molecule has 0 amide bonds. The number of halogens is 1. The summed E-state index contributed by atoms with van der Waals surface area (Å²) in [6.07, 6.45) is 4.36. The van der Waals surface area contributed by atoms with Gasteiger partial charge in [-0.25, -0.2) is 4.98 Å². The highest BCUT2D eigenvalue weighted by Crippen LogP contribution is 2.21. The number of nitrogens with one attached hydrogen (secondary N) is 1. The van der Waals surface area contributed by atoms with Crippen LogP contribution < -0.4 is 4.72 Å². The van der Waals surface area contributed by atoms with Crippen LogP contribution in [0.2, 0.25) is 5.15 Å². The molecule has 0 saturated heterocycles. The Morgan fingerprint density at radius 2 is 2.22 bits per heavy atom. The zero-order valence-electron chi connectivity index (χ0n) is 9.83. The zero-order chi connectivity index (χ0) is 13.3. The van der Waals surface area contributed by atoms with Gasteiger partial charge in [-0.05, 0) is 6.92 Å². The fourth-order valence-electron chi connectivity index (χ4n) is 1.37. The summed E-state index contributed by atoms with van der Waals surface area (Å²) in [5.74, 6) is 0. The second-order valence-corrected chi connectivity index (χ2v) is 5.60. The molecule has 0 aliphatic rings. The summed E-state index contributed by atoms with van der Waals surface area (Å²) < 4.78 is 29.5. The number of anilines is 1. The van der Waals surface area contributed by atoms with Gasteiger partial charge in [0.15, 0.2) is 0 Å². The summed E-state index contributed by atoms with van der Waals surface area (Å²) >= 11 is 5.85. The van der Waals surface area contributed by atoms with E-state index in [-0.39, 0.29) is 10.2 Å². The van der Waals surface area contributed by atoms with Crippen LogP contribution in [0.1, 0.15) is 6.92 Å². The van der Waals surface area contributed by atoms with Crippen LogP contribution in [-0.2, 0) is 23.6 Å². The standard InChI is InChI=1S/C9H12ClN5O2S/c1-3-15-5-7(4-12-15)13-18(16,17)9-8(10)14(2)6-11-9/h4-6,13H,3H2,1-2H3. The van der Waals surface area contributed by atoms with Gasteiger partial charge in [0.05, 0.1) is 18.2 Å². The maximum Gasteiger partial charge on any atom is 0.282 e. The minimum absolute atomic E-state index is 0.0605. The predicted molar refractivity (Wildman–Crippen MR) is 66.9 cm³/mol. The molecule has 2 aromatic rings. The summed E-state index contributed by atoms with van der Waals surface area (Å²) in [5.41, 5.74) is 0.374. The van der Waals surface area contributed by atoms with Crippen LogP contribution in [0, 0.1) is 0 Å². The number of sulfonamides is 1. The molecule has 0 aromatic carbocycles. The van der Waals surface area contributed by atoms with Gasteiger partial charge in [-0.15, -0.1) is 0 Å². The van der Waals surface area contributed by atoms with Crippen LogP contribution in [0.5, 0.6) is 0 Å². The monoisotopic (exact) mass is 289 g/mol. The molecule has 2 aromatic heterocycles. The number of aromatic nitrogens is 4. The third-order valence-electron chi connectivity index (χ3n) is 2.30. The first-order chi connectivity index (χ1) is 8.44. The molecule has 1 N–H and O–H groups in total. The molecule has 0 atom stereocenters. The molecular formula is C9H12ClN5O2S. The van der Waals surface area contributed by atoms with Crippen molar-refractivity contribution in [3.63, 3.8) is 0 Å². The van der Waals surface area contributed by atoms with Crippen LogP contribution >= 0.6 is 11.6 Å². The predicted octanol–water partition coefficient (Wildman–Crippen LogP) is 1.09. The Kier molecular flexibility index (Phi) is 3.31. The molecule has 0 saturated carbocycles. The topological polar surface area (TPSA) is 81.8 Å². The molecule has 0 radical (unpaired) electrons. The minimum atomic E-state index is -3.79. The van der Waals surface area contributed by atoms with Crippen molar-refractivity contribution < 1.29 is 8.42 Å². The first-order valence-electron chi connectivity index (χ1n) is 5.16. The molecule has 0 bridgehead atoms. The third kappa shape index (κ3) is 2.34. The molecule has 0 aliphatic carbocycles. The summed E-state index contributed by atoms with van der Waals surface area (Å²) in [7, 11) is -2.17. The summed E-state index contributed by atoms with van der Waals surface area (Å²) in [6.45, 7) is 2.56. The lowest BCUT2D eigenvalue weighted by molar-refractivity contribution is 0.598. The van der Waals surface area contributed by atoms with Gasteiger partial charge in [0, 0.05) is 19.8 Å². The summed E-state index contributed by atoms with van der Waals surface area (Å²) in [5, 5.41) is 3.83. The van der Waals surface area contributed by atoms with Crippen molar-refractivity contribution in [1.82, 2.24) is 19.3 Å². The average Bonchev–Trinajstić information content (AvgIpc) is 2.87. The molecule has 0 spiro atoms. The van der Waals surface area contributed by atoms with E-state index >= 15 is 0 Å². The molecule has 7 nitrogen and oxygen atoms in total. The lowest BCUT2D eigenvalue weighted by Gasteiger charge is -2.03. The summed E-state index contributed by atoms with van der Waals surface area (Å²) in [4.78, 5) is 3.76. The van der Waals surface area contributed by atoms with E-state index in [2.05, 4.69) is 14.8 Å². The smallest absolute Gasteiger partial charge is 0.282 e. The fourth-order valence-corrected chi connectivity index (χ4v) is 2.83. The molecule has 98 valence electrons. The van der Waals surface area contributed by atoms with Gasteiger partial charge in [0.1, 0.15) is 5.15 Å². The van der Waals surface area contributed by atoms with Gasteiger partial charge >= 0.3 is 0 Å². The SMILES string of the molecule is CCn1cc(NS(=O)(=O)c2ncn(C)c2Cl)cn1. The Labute approximate surface area is 109 Å². The van der Waals surface area contributed by atoms with Gasteiger partial charge in [-0.1, -0.05) is 11.6 Å². The first kappa shape index (κ1) is 12.9. The number of imidazole rings is 1. The van der Waals surface area contributed by atoms with E-state index in [4.69, 9.17) is 11.6 Å². The maximum absolute atomic E-state index is 12.0. The van der Waals surface area contributed by atoms with Crippen molar-refractivity contribution in [2.24, 2.45) is 7.05 Å². The third-order valence-corrected chi connectivity index (χ3v) is 4.17. The summed E-state index contributed by atoms with van der Waals surface area (Å²) in [6, 6.07) is 0. The Morgan fingerprint density at radius 1 is 1.50 bits per heavy atom. The highest BCUT2D eigenvalue weighted by molar-refractivity contribution is 7.92. The van der Waals surface area contributed by atoms with Crippen LogP contribution in [0.3, 0.4) is 0 Å². The maximum atomic E-state index is 12.0. The van der Waals surface area contributed by atoms with Crippen LogP contribution in [0.4, 0.5) is 5.69 Å². The molecule has 2 rings (SSSR count). The lowest BCUT2D eigenvalue weighted by atomic mass is 10.6. The van der Waals surface area contributed by atoms with Crippen molar-refractivity contribution >= 4 is 27.3 Å². The van der Waals surface area contributed by atoms with Crippen LogP contribution in [0.25, 0.3) is 0 Å². The van der Waals surface area contributed by atoms with Gasteiger partial charge in [-0.2, -0.15) is 13.5 Å². The van der Waals surface area contributed by atoms with E-state index in [1.165, 1.54) is 17.1 Å². The normalized spacial score (nSPS) is 11.7. The molecule has 9 heteroatoms. The van der Waals surface area contributed by atoms with Crippen molar-refractivity contribution in [2.45, 2.75) is 18.5 Å². The zero-order valence-corrected chi connectivity index (χ0v) is 11.4.